The summed E-state index contributed by atoms with van der Waals surface area (Å²) >= 11 is 12.1. The lowest BCUT2D eigenvalue weighted by Crippen LogP contribution is -2.32. The maximum Gasteiger partial charge on any atom is 0.264 e. The highest BCUT2D eigenvalue weighted by atomic mass is 35.5. The number of amides is 1. The van der Waals surface area contributed by atoms with E-state index in [1.807, 2.05) is 0 Å². The van der Waals surface area contributed by atoms with Gasteiger partial charge in [-0.05, 0) is 55.3 Å². The van der Waals surface area contributed by atoms with Crippen molar-refractivity contribution in [2.24, 2.45) is 0 Å². The maximum atomic E-state index is 12.8. The topological polar surface area (TPSA) is 75.7 Å². The molecule has 2 aromatic rings. The van der Waals surface area contributed by atoms with Gasteiger partial charge in [-0.2, -0.15) is 0 Å². The van der Waals surface area contributed by atoms with Gasteiger partial charge >= 0.3 is 0 Å². The Bertz CT molecular complexity index is 958. The molecule has 9 heteroatoms. The molecule has 28 heavy (non-hydrogen) atoms. The first-order valence-electron chi connectivity index (χ1n) is 8.73. The fourth-order valence-corrected chi connectivity index (χ4v) is 4.47. The molecule has 0 aliphatic carbocycles. The predicted molar refractivity (Wildman–Crippen MR) is 110 cm³/mol. The maximum absolute atomic E-state index is 12.8. The molecule has 0 radical (unpaired) electrons. The first kappa shape index (κ1) is 20.9. The number of carbonyl (C=O) groups is 1. The van der Waals surface area contributed by atoms with Crippen LogP contribution >= 0.6 is 23.2 Å². The molecule has 1 aliphatic rings. The van der Waals surface area contributed by atoms with Crippen molar-refractivity contribution in [1.29, 1.82) is 0 Å². The second kappa shape index (κ2) is 8.69. The van der Waals surface area contributed by atoms with Crippen LogP contribution in [0.1, 0.15) is 23.2 Å². The number of nitrogens with zero attached hydrogens (tertiary/aromatic N) is 1. The van der Waals surface area contributed by atoms with Crippen molar-refractivity contribution >= 4 is 44.8 Å². The Kier molecular flexibility index (Phi) is 6.50. The zero-order chi connectivity index (χ0) is 20.3. The van der Waals surface area contributed by atoms with Crippen LogP contribution in [-0.2, 0) is 14.8 Å². The van der Waals surface area contributed by atoms with Crippen molar-refractivity contribution in [2.75, 3.05) is 24.5 Å². The molecule has 1 N–H and O–H groups in total. The summed E-state index contributed by atoms with van der Waals surface area (Å²) in [6, 6.07) is 10.4. The van der Waals surface area contributed by atoms with Gasteiger partial charge < -0.3 is 10.1 Å². The van der Waals surface area contributed by atoms with Gasteiger partial charge in [-0.3, -0.25) is 9.10 Å². The molecule has 1 saturated heterocycles. The average Bonchev–Trinajstić information content (AvgIpc) is 3.19. The number of hydrogen-bond acceptors (Lipinski definition) is 4. The van der Waals surface area contributed by atoms with Gasteiger partial charge in [0, 0.05) is 25.2 Å². The quantitative estimate of drug-likeness (QED) is 0.739. The Balaban J connectivity index is 1.75. The van der Waals surface area contributed by atoms with Gasteiger partial charge in [-0.25, -0.2) is 8.42 Å². The van der Waals surface area contributed by atoms with Crippen molar-refractivity contribution in [3.05, 3.63) is 58.1 Å². The molecule has 0 unspecified atom stereocenters. The van der Waals surface area contributed by atoms with Crippen molar-refractivity contribution < 1.29 is 17.9 Å². The van der Waals surface area contributed by atoms with Crippen molar-refractivity contribution in [1.82, 2.24) is 5.32 Å². The van der Waals surface area contributed by atoms with E-state index in [9.17, 15) is 13.2 Å². The van der Waals surface area contributed by atoms with E-state index in [4.69, 9.17) is 27.9 Å². The third-order valence-electron chi connectivity index (χ3n) is 4.55. The fourth-order valence-electron chi connectivity index (χ4n) is 2.89. The van der Waals surface area contributed by atoms with E-state index in [-0.39, 0.29) is 27.5 Å². The second-order valence-corrected chi connectivity index (χ2v) is 9.25. The van der Waals surface area contributed by atoms with Crippen molar-refractivity contribution in [3.63, 3.8) is 0 Å². The lowest BCUT2D eigenvalue weighted by Gasteiger charge is -2.20. The monoisotopic (exact) mass is 442 g/mol. The van der Waals surface area contributed by atoms with E-state index in [0.29, 0.717) is 23.9 Å². The third kappa shape index (κ3) is 4.60. The van der Waals surface area contributed by atoms with E-state index in [2.05, 4.69) is 5.32 Å². The molecule has 6 nitrogen and oxygen atoms in total. The first-order chi connectivity index (χ1) is 13.3. The number of benzene rings is 2. The smallest absolute Gasteiger partial charge is 0.264 e. The van der Waals surface area contributed by atoms with E-state index in [1.54, 1.807) is 6.07 Å². The molecule has 0 aromatic heterocycles. The Morgan fingerprint density at radius 2 is 1.93 bits per heavy atom. The molecule has 1 atom stereocenters. The van der Waals surface area contributed by atoms with Crippen LogP contribution < -0.4 is 9.62 Å². The molecule has 0 bridgehead atoms. The summed E-state index contributed by atoms with van der Waals surface area (Å²) in [6.45, 7) is 1.13. The lowest BCUT2D eigenvalue weighted by atomic mass is 10.2. The predicted octanol–water partition coefficient (Wildman–Crippen LogP) is 3.73. The van der Waals surface area contributed by atoms with Crippen LogP contribution in [0.3, 0.4) is 0 Å². The number of ether oxygens (including phenoxy) is 1. The SMILES string of the molecule is CN(c1ccc(C(=O)NC[C@@H]2CCCO2)c(Cl)c1)S(=O)(=O)c1ccc(Cl)cc1. The normalized spacial score (nSPS) is 16.8. The number of carbonyl (C=O) groups excluding carboxylic acids is 1. The molecule has 1 fully saturated rings. The Hall–Kier alpha value is -1.80. The standard InChI is InChI=1S/C19H20Cl2N2O4S/c1-23(28(25,26)16-7-4-13(20)5-8-16)14-6-9-17(18(21)11-14)19(24)22-12-15-3-2-10-27-15/h4-9,11,15H,2-3,10,12H2,1H3,(H,22,24)/t15-/m0/s1. The molecule has 3 rings (SSSR count). The summed E-state index contributed by atoms with van der Waals surface area (Å²) in [4.78, 5) is 12.5. The fraction of sp³-hybridized carbons (Fsp3) is 0.316. The van der Waals surface area contributed by atoms with E-state index >= 15 is 0 Å². The largest absolute Gasteiger partial charge is 0.376 e. The average molecular weight is 443 g/mol. The number of hydrogen-bond donors (Lipinski definition) is 1. The summed E-state index contributed by atoms with van der Waals surface area (Å²) in [6.07, 6.45) is 1.93. The first-order valence-corrected chi connectivity index (χ1v) is 10.9. The molecule has 150 valence electrons. The summed E-state index contributed by atoms with van der Waals surface area (Å²) in [5.41, 5.74) is 0.622. The Morgan fingerprint density at radius 3 is 2.54 bits per heavy atom. The third-order valence-corrected chi connectivity index (χ3v) is 6.91. The van der Waals surface area contributed by atoms with Crippen LogP contribution in [0.25, 0.3) is 0 Å². The van der Waals surface area contributed by atoms with Crippen molar-refractivity contribution in [2.45, 2.75) is 23.8 Å². The number of anilines is 1. The molecule has 0 saturated carbocycles. The van der Waals surface area contributed by atoms with E-state index < -0.39 is 10.0 Å². The molecule has 0 spiro atoms. The van der Waals surface area contributed by atoms with Gasteiger partial charge in [0.2, 0.25) is 0 Å². The highest BCUT2D eigenvalue weighted by Gasteiger charge is 2.23. The minimum absolute atomic E-state index is 0.0256. The molecule has 1 amide bonds. The number of rotatable bonds is 6. The van der Waals surface area contributed by atoms with Gasteiger partial charge in [0.05, 0.1) is 27.3 Å². The summed E-state index contributed by atoms with van der Waals surface area (Å²) < 4.78 is 32.1. The minimum Gasteiger partial charge on any atom is -0.376 e. The zero-order valence-electron chi connectivity index (χ0n) is 15.2. The van der Waals surface area contributed by atoms with Crippen LogP contribution in [0.5, 0.6) is 0 Å². The van der Waals surface area contributed by atoms with Crippen LogP contribution in [-0.4, -0.2) is 40.6 Å². The van der Waals surface area contributed by atoms with E-state index in [0.717, 1.165) is 17.1 Å². The molecular formula is C19H20Cl2N2O4S. The highest BCUT2D eigenvalue weighted by Crippen LogP contribution is 2.27. The van der Waals surface area contributed by atoms with Crippen LogP contribution in [0.15, 0.2) is 47.4 Å². The van der Waals surface area contributed by atoms with Crippen LogP contribution in [0.2, 0.25) is 10.0 Å². The molecular weight excluding hydrogens is 423 g/mol. The second-order valence-electron chi connectivity index (χ2n) is 6.44. The summed E-state index contributed by atoms with van der Waals surface area (Å²) in [5, 5.41) is 3.41. The zero-order valence-corrected chi connectivity index (χ0v) is 17.5. The lowest BCUT2D eigenvalue weighted by molar-refractivity contribution is 0.0858. The molecule has 1 heterocycles. The van der Waals surface area contributed by atoms with Crippen LogP contribution in [0.4, 0.5) is 5.69 Å². The molecule has 1 aliphatic heterocycles. The van der Waals surface area contributed by atoms with E-state index in [1.165, 1.54) is 43.4 Å². The van der Waals surface area contributed by atoms with Gasteiger partial charge in [-0.1, -0.05) is 23.2 Å². The van der Waals surface area contributed by atoms with Gasteiger partial charge in [0.15, 0.2) is 0 Å². The van der Waals surface area contributed by atoms with Crippen LogP contribution in [0, 0.1) is 0 Å². The van der Waals surface area contributed by atoms with Crippen molar-refractivity contribution in [3.8, 4) is 0 Å². The number of nitrogens with one attached hydrogen (secondary N) is 1. The molecule has 2 aromatic carbocycles. The van der Waals surface area contributed by atoms with Gasteiger partial charge in [0.25, 0.3) is 15.9 Å². The summed E-state index contributed by atoms with van der Waals surface area (Å²) in [5.74, 6) is -0.324. The Morgan fingerprint density at radius 1 is 1.21 bits per heavy atom. The van der Waals surface area contributed by atoms with Gasteiger partial charge in [-0.15, -0.1) is 0 Å². The summed E-state index contributed by atoms with van der Waals surface area (Å²) in [7, 11) is -2.36. The minimum atomic E-state index is -3.78. The number of sulfonamides is 1. The number of halogens is 2. The Labute approximate surface area is 174 Å². The highest BCUT2D eigenvalue weighted by molar-refractivity contribution is 7.92. The van der Waals surface area contributed by atoms with Gasteiger partial charge in [0.1, 0.15) is 0 Å².